The minimum absolute atomic E-state index is 0.0301. The van der Waals surface area contributed by atoms with E-state index in [2.05, 4.69) is 4.98 Å². The monoisotopic (exact) mass is 546 g/mol. The molecule has 1 unspecified atom stereocenters. The molecular formula is C27H25F3N2O5S. The molecule has 2 heterocycles. The highest BCUT2D eigenvalue weighted by Gasteiger charge is 2.33. The number of rotatable bonds is 6. The Hall–Kier alpha value is -3.70. The standard InChI is InChI=1S/C27H25F3N2O5S/c1-26(2,3)19-5-4-6-21(14-19)38(36,37)32-22(13-18-12-20(27(28,29)30)15-31-24(18)32)23(33)11-16-7-9-17(10-8-16)25(34)35/h4-10,12-15,23,33H,11H2,1-3H3,(H,34,35). The molecule has 0 fully saturated rings. The molecule has 2 aromatic carbocycles. The normalized spacial score (nSPS) is 13.6. The number of hydrogen-bond acceptors (Lipinski definition) is 5. The summed E-state index contributed by atoms with van der Waals surface area (Å²) in [6.07, 6.45) is -5.73. The van der Waals surface area contributed by atoms with Gasteiger partial charge in [-0.1, -0.05) is 45.0 Å². The highest BCUT2D eigenvalue weighted by atomic mass is 32.2. The van der Waals surface area contributed by atoms with Crippen LogP contribution in [0.15, 0.2) is 71.8 Å². The van der Waals surface area contributed by atoms with E-state index in [1.807, 2.05) is 20.8 Å². The number of nitrogens with zero attached hydrogens (tertiary/aromatic N) is 2. The van der Waals surface area contributed by atoms with Crippen molar-refractivity contribution in [1.29, 1.82) is 0 Å². The third kappa shape index (κ3) is 5.30. The van der Waals surface area contributed by atoms with Crippen LogP contribution in [0.2, 0.25) is 0 Å². The lowest BCUT2D eigenvalue weighted by Crippen LogP contribution is -2.20. The maximum Gasteiger partial charge on any atom is 0.417 e. The molecule has 11 heteroatoms. The summed E-state index contributed by atoms with van der Waals surface area (Å²) in [6, 6.07) is 13.8. The van der Waals surface area contributed by atoms with E-state index in [-0.39, 0.29) is 39.0 Å². The number of aromatic carboxylic acids is 1. The van der Waals surface area contributed by atoms with Crippen molar-refractivity contribution in [2.24, 2.45) is 0 Å². The topological polar surface area (TPSA) is 109 Å². The molecule has 0 aliphatic heterocycles. The van der Waals surface area contributed by atoms with Gasteiger partial charge in [-0.05, 0) is 52.9 Å². The molecule has 0 aliphatic rings. The number of benzene rings is 2. The molecule has 4 rings (SSSR count). The lowest BCUT2D eigenvalue weighted by atomic mass is 9.87. The van der Waals surface area contributed by atoms with Gasteiger partial charge in [0, 0.05) is 18.0 Å². The van der Waals surface area contributed by atoms with E-state index >= 15 is 0 Å². The second-order valence-electron chi connectivity index (χ2n) is 9.97. The Balaban J connectivity index is 1.88. The molecule has 4 aromatic rings. The van der Waals surface area contributed by atoms with Crippen molar-refractivity contribution < 1.29 is 36.6 Å². The predicted octanol–water partition coefficient (Wildman–Crippen LogP) is 5.56. The molecule has 0 aliphatic carbocycles. The quantitative estimate of drug-likeness (QED) is 0.328. The molecule has 0 saturated heterocycles. The van der Waals surface area contributed by atoms with Gasteiger partial charge in [0.15, 0.2) is 5.65 Å². The van der Waals surface area contributed by atoms with Crippen LogP contribution in [0.4, 0.5) is 13.2 Å². The Labute approximate surface area is 217 Å². The van der Waals surface area contributed by atoms with Crippen LogP contribution in [0.3, 0.4) is 0 Å². The van der Waals surface area contributed by atoms with Crippen LogP contribution in [0, 0.1) is 0 Å². The molecule has 0 amide bonds. The molecule has 2 N–H and O–H groups in total. The Morgan fingerprint density at radius 1 is 1.00 bits per heavy atom. The van der Waals surface area contributed by atoms with Gasteiger partial charge < -0.3 is 10.2 Å². The van der Waals surface area contributed by atoms with Crippen molar-refractivity contribution in [2.75, 3.05) is 0 Å². The van der Waals surface area contributed by atoms with Crippen molar-refractivity contribution in [3.63, 3.8) is 0 Å². The summed E-state index contributed by atoms with van der Waals surface area (Å²) in [5.41, 5.74) is -0.612. The SMILES string of the molecule is CC(C)(C)c1cccc(S(=O)(=O)n2c(C(O)Cc3ccc(C(=O)O)cc3)cc3cc(C(F)(F)F)cnc32)c1. The number of carboxylic acid groups (broad SMARTS) is 1. The van der Waals surface area contributed by atoms with E-state index in [0.717, 1.165) is 15.6 Å². The van der Waals surface area contributed by atoms with Crippen molar-refractivity contribution in [1.82, 2.24) is 8.96 Å². The van der Waals surface area contributed by atoms with Gasteiger partial charge in [0.05, 0.1) is 27.8 Å². The Morgan fingerprint density at radius 2 is 1.66 bits per heavy atom. The first-order chi connectivity index (χ1) is 17.6. The molecule has 1 atom stereocenters. The van der Waals surface area contributed by atoms with E-state index in [1.54, 1.807) is 12.1 Å². The maximum atomic E-state index is 13.9. The second kappa shape index (κ2) is 9.55. The zero-order valence-corrected chi connectivity index (χ0v) is 21.5. The number of aliphatic hydroxyl groups is 1. The Bertz CT molecular complexity index is 1620. The van der Waals surface area contributed by atoms with E-state index in [0.29, 0.717) is 11.8 Å². The smallest absolute Gasteiger partial charge is 0.417 e. The summed E-state index contributed by atoms with van der Waals surface area (Å²) < 4.78 is 68.6. The van der Waals surface area contributed by atoms with E-state index < -0.39 is 33.8 Å². The average molecular weight is 547 g/mol. The molecule has 0 bridgehead atoms. The summed E-state index contributed by atoms with van der Waals surface area (Å²) in [5.74, 6) is -1.13. The van der Waals surface area contributed by atoms with E-state index in [4.69, 9.17) is 5.11 Å². The van der Waals surface area contributed by atoms with Crippen LogP contribution in [-0.4, -0.2) is 33.6 Å². The molecule has 0 saturated carbocycles. The second-order valence-corrected chi connectivity index (χ2v) is 11.8. The van der Waals surface area contributed by atoms with Gasteiger partial charge in [-0.15, -0.1) is 0 Å². The number of aliphatic hydroxyl groups excluding tert-OH is 1. The van der Waals surface area contributed by atoms with Crippen LogP contribution >= 0.6 is 0 Å². The van der Waals surface area contributed by atoms with Crippen molar-refractivity contribution in [3.8, 4) is 0 Å². The largest absolute Gasteiger partial charge is 0.478 e. The number of hydrogen-bond donors (Lipinski definition) is 2. The van der Waals surface area contributed by atoms with Gasteiger partial charge in [0.2, 0.25) is 0 Å². The Kier molecular flexibility index (Phi) is 6.87. The first kappa shape index (κ1) is 27.3. The fraction of sp³-hybridized carbons (Fsp3) is 0.259. The van der Waals surface area contributed by atoms with Crippen molar-refractivity contribution >= 4 is 27.0 Å². The minimum atomic E-state index is -4.70. The first-order valence-electron chi connectivity index (χ1n) is 11.5. The van der Waals surface area contributed by atoms with Crippen molar-refractivity contribution in [2.45, 2.75) is 49.8 Å². The van der Waals surface area contributed by atoms with Gasteiger partial charge in [0.25, 0.3) is 10.0 Å². The number of fused-ring (bicyclic) bond motifs is 1. The number of pyridine rings is 1. The third-order valence-electron chi connectivity index (χ3n) is 6.16. The Morgan fingerprint density at radius 3 is 2.24 bits per heavy atom. The van der Waals surface area contributed by atoms with E-state index in [1.165, 1.54) is 42.5 Å². The number of alkyl halides is 3. The molecule has 0 spiro atoms. The van der Waals surface area contributed by atoms with Crippen LogP contribution in [0.5, 0.6) is 0 Å². The molecular weight excluding hydrogens is 521 g/mol. The van der Waals surface area contributed by atoms with Gasteiger partial charge in [-0.2, -0.15) is 13.2 Å². The van der Waals surface area contributed by atoms with Gasteiger partial charge in [0.1, 0.15) is 0 Å². The van der Waals surface area contributed by atoms with Crippen LogP contribution in [0.25, 0.3) is 11.0 Å². The summed E-state index contributed by atoms with van der Waals surface area (Å²) in [5, 5.41) is 20.1. The van der Waals surface area contributed by atoms with Crippen LogP contribution in [0.1, 0.15) is 59.6 Å². The lowest BCUT2D eigenvalue weighted by Gasteiger charge is -2.21. The molecule has 0 radical (unpaired) electrons. The van der Waals surface area contributed by atoms with Crippen LogP contribution in [-0.2, 0) is 28.0 Å². The number of carbonyl (C=O) groups is 1. The molecule has 200 valence electrons. The average Bonchev–Trinajstić information content (AvgIpc) is 3.23. The predicted molar refractivity (Wildman–Crippen MR) is 135 cm³/mol. The van der Waals surface area contributed by atoms with Gasteiger partial charge in [-0.25, -0.2) is 22.2 Å². The zero-order chi connectivity index (χ0) is 28.0. The van der Waals surface area contributed by atoms with Crippen LogP contribution < -0.4 is 0 Å². The summed E-state index contributed by atoms with van der Waals surface area (Å²) in [7, 11) is -4.40. The van der Waals surface area contributed by atoms with E-state index in [9.17, 15) is 31.5 Å². The highest BCUT2D eigenvalue weighted by molar-refractivity contribution is 7.90. The summed E-state index contributed by atoms with van der Waals surface area (Å²) in [4.78, 5) is 14.9. The van der Waals surface area contributed by atoms with Gasteiger partial charge in [-0.3, -0.25) is 0 Å². The zero-order valence-electron chi connectivity index (χ0n) is 20.7. The summed E-state index contributed by atoms with van der Waals surface area (Å²) in [6.45, 7) is 5.73. The minimum Gasteiger partial charge on any atom is -0.478 e. The first-order valence-corrected chi connectivity index (χ1v) is 13.0. The summed E-state index contributed by atoms with van der Waals surface area (Å²) >= 11 is 0. The number of halogens is 3. The molecule has 2 aromatic heterocycles. The number of carboxylic acids is 1. The van der Waals surface area contributed by atoms with Crippen molar-refractivity contribution in [3.05, 3.63) is 94.8 Å². The highest BCUT2D eigenvalue weighted by Crippen LogP contribution is 2.35. The van der Waals surface area contributed by atoms with Gasteiger partial charge >= 0.3 is 12.1 Å². The fourth-order valence-corrected chi connectivity index (χ4v) is 5.64. The molecule has 7 nitrogen and oxygen atoms in total. The maximum absolute atomic E-state index is 13.9. The number of aromatic nitrogens is 2. The lowest BCUT2D eigenvalue weighted by molar-refractivity contribution is -0.137. The third-order valence-corrected chi connectivity index (χ3v) is 7.88. The fourth-order valence-electron chi connectivity index (χ4n) is 4.07. The molecule has 38 heavy (non-hydrogen) atoms.